The zero-order valence-corrected chi connectivity index (χ0v) is 13.0. The third-order valence-corrected chi connectivity index (χ3v) is 3.89. The number of hydrogen-bond acceptors (Lipinski definition) is 3. The molecule has 1 rings (SSSR count). The first-order chi connectivity index (χ1) is 9.36. The molecule has 1 N–H and O–H groups in total. The zero-order valence-electron chi connectivity index (χ0n) is 13.0. The first-order valence-electron chi connectivity index (χ1n) is 7.34. The van der Waals surface area contributed by atoms with Gasteiger partial charge in [0.2, 0.25) is 0 Å². The number of carbonyl (C=O) groups excluding carboxylic acids is 1. The number of aliphatic carboxylic acids is 1. The Bertz CT molecular complexity index is 347. The first kappa shape index (κ1) is 16.8. The van der Waals surface area contributed by atoms with E-state index in [4.69, 9.17) is 5.11 Å². The van der Waals surface area contributed by atoms with Gasteiger partial charge in [0, 0.05) is 25.7 Å². The van der Waals surface area contributed by atoms with Crippen LogP contribution in [0.2, 0.25) is 0 Å². The predicted octanol–water partition coefficient (Wildman–Crippen LogP) is 1.32. The van der Waals surface area contributed by atoms with Crippen molar-refractivity contribution < 1.29 is 14.7 Å². The number of amides is 2. The number of carboxylic acid groups (broad SMARTS) is 1. The minimum Gasteiger partial charge on any atom is -0.480 e. The van der Waals surface area contributed by atoms with Crippen LogP contribution in [-0.2, 0) is 4.79 Å². The Balaban J connectivity index is 2.62. The molecule has 116 valence electrons. The van der Waals surface area contributed by atoms with Crippen LogP contribution >= 0.6 is 0 Å². The van der Waals surface area contributed by atoms with Crippen molar-refractivity contribution in [2.45, 2.75) is 45.7 Å². The lowest BCUT2D eigenvalue weighted by atomic mass is 10.2. The van der Waals surface area contributed by atoms with E-state index in [-0.39, 0.29) is 18.6 Å². The Morgan fingerprint density at radius 3 is 2.55 bits per heavy atom. The summed E-state index contributed by atoms with van der Waals surface area (Å²) in [7, 11) is 1.76. The maximum atomic E-state index is 12.4. The molecule has 1 unspecified atom stereocenters. The van der Waals surface area contributed by atoms with E-state index in [1.165, 1.54) is 11.3 Å². The highest BCUT2D eigenvalue weighted by Crippen LogP contribution is 2.18. The number of urea groups is 1. The molecule has 0 bridgehead atoms. The molecule has 0 saturated carbocycles. The van der Waals surface area contributed by atoms with E-state index in [2.05, 4.69) is 11.8 Å². The molecule has 1 fully saturated rings. The molecule has 2 amide bonds. The number of carboxylic acids is 1. The lowest BCUT2D eigenvalue weighted by molar-refractivity contribution is -0.138. The van der Waals surface area contributed by atoms with Gasteiger partial charge in [-0.1, -0.05) is 6.92 Å². The Morgan fingerprint density at radius 1 is 1.40 bits per heavy atom. The molecule has 1 heterocycles. The van der Waals surface area contributed by atoms with Crippen molar-refractivity contribution in [3.8, 4) is 0 Å². The predicted molar refractivity (Wildman–Crippen MR) is 77.8 cm³/mol. The van der Waals surface area contributed by atoms with Gasteiger partial charge in [-0.2, -0.15) is 0 Å². The Hall–Kier alpha value is -1.30. The summed E-state index contributed by atoms with van der Waals surface area (Å²) in [6, 6.07) is 0.0741. The summed E-state index contributed by atoms with van der Waals surface area (Å²) in [5, 5.41) is 8.91. The average molecular weight is 285 g/mol. The maximum Gasteiger partial charge on any atom is 0.323 e. The summed E-state index contributed by atoms with van der Waals surface area (Å²) in [6.45, 7) is 8.30. The molecule has 0 aromatic carbocycles. The van der Waals surface area contributed by atoms with E-state index in [9.17, 15) is 9.59 Å². The van der Waals surface area contributed by atoms with Gasteiger partial charge in [-0.15, -0.1) is 0 Å². The van der Waals surface area contributed by atoms with E-state index >= 15 is 0 Å². The van der Waals surface area contributed by atoms with Crippen molar-refractivity contribution >= 4 is 12.0 Å². The van der Waals surface area contributed by atoms with Gasteiger partial charge in [0.05, 0.1) is 0 Å². The van der Waals surface area contributed by atoms with E-state index in [0.29, 0.717) is 12.6 Å². The number of hydrogen-bond donors (Lipinski definition) is 1. The quantitative estimate of drug-likeness (QED) is 0.799. The van der Waals surface area contributed by atoms with Gasteiger partial charge in [-0.25, -0.2) is 4.79 Å². The van der Waals surface area contributed by atoms with Crippen LogP contribution < -0.4 is 0 Å². The van der Waals surface area contributed by atoms with Crippen molar-refractivity contribution in [2.24, 2.45) is 0 Å². The monoisotopic (exact) mass is 285 g/mol. The number of carbonyl (C=O) groups is 2. The lowest BCUT2D eigenvalue weighted by Gasteiger charge is -2.33. The van der Waals surface area contributed by atoms with E-state index in [1.807, 2.05) is 13.8 Å². The number of likely N-dealkylation sites (N-methyl/N-ethyl adjacent to an activating group) is 2. The van der Waals surface area contributed by atoms with Crippen LogP contribution in [0.5, 0.6) is 0 Å². The number of nitrogens with zero attached hydrogens (tertiary/aromatic N) is 3. The highest BCUT2D eigenvalue weighted by atomic mass is 16.4. The minimum absolute atomic E-state index is 0.119. The molecule has 1 atom stereocenters. The molecule has 1 saturated heterocycles. The SMILES string of the molecule is CCN1CCCC1CN(C)C(=O)N(CC(=O)O)C(C)C. The van der Waals surface area contributed by atoms with Crippen LogP contribution in [0.3, 0.4) is 0 Å². The summed E-state index contributed by atoms with van der Waals surface area (Å²) in [4.78, 5) is 28.7. The van der Waals surface area contributed by atoms with Crippen molar-refractivity contribution in [3.63, 3.8) is 0 Å². The second-order valence-electron chi connectivity index (χ2n) is 5.70. The van der Waals surface area contributed by atoms with Gasteiger partial charge in [-0.05, 0) is 39.8 Å². The van der Waals surface area contributed by atoms with Crippen molar-refractivity contribution in [2.75, 3.05) is 33.2 Å². The molecule has 0 radical (unpaired) electrons. The summed E-state index contributed by atoms with van der Waals surface area (Å²) in [5.41, 5.74) is 0. The lowest BCUT2D eigenvalue weighted by Crippen LogP contribution is -2.50. The fraction of sp³-hybridized carbons (Fsp3) is 0.857. The number of rotatable bonds is 6. The van der Waals surface area contributed by atoms with E-state index < -0.39 is 5.97 Å². The summed E-state index contributed by atoms with van der Waals surface area (Å²) in [6.07, 6.45) is 2.27. The van der Waals surface area contributed by atoms with Crippen LogP contribution in [0.15, 0.2) is 0 Å². The van der Waals surface area contributed by atoms with Crippen LogP contribution in [0.4, 0.5) is 4.79 Å². The Kier molecular flexibility index (Phi) is 6.26. The molecule has 0 spiro atoms. The zero-order chi connectivity index (χ0) is 15.3. The van der Waals surface area contributed by atoms with E-state index in [0.717, 1.165) is 19.5 Å². The minimum atomic E-state index is -0.975. The molecule has 1 aliphatic rings. The second kappa shape index (κ2) is 7.47. The average Bonchev–Trinajstić information content (AvgIpc) is 2.81. The van der Waals surface area contributed by atoms with Crippen molar-refractivity contribution in [1.82, 2.24) is 14.7 Å². The third-order valence-electron chi connectivity index (χ3n) is 3.89. The van der Waals surface area contributed by atoms with Crippen molar-refractivity contribution in [1.29, 1.82) is 0 Å². The smallest absolute Gasteiger partial charge is 0.323 e. The molecule has 0 aromatic heterocycles. The van der Waals surface area contributed by atoms with E-state index in [1.54, 1.807) is 11.9 Å². The van der Waals surface area contributed by atoms with Gasteiger partial charge in [-0.3, -0.25) is 9.69 Å². The summed E-state index contributed by atoms with van der Waals surface area (Å²) >= 11 is 0. The number of likely N-dealkylation sites (tertiary alicyclic amines) is 1. The summed E-state index contributed by atoms with van der Waals surface area (Å²) < 4.78 is 0. The second-order valence-corrected chi connectivity index (χ2v) is 5.70. The fourth-order valence-electron chi connectivity index (χ4n) is 2.75. The summed E-state index contributed by atoms with van der Waals surface area (Å²) in [5.74, 6) is -0.975. The van der Waals surface area contributed by atoms with Crippen molar-refractivity contribution in [3.05, 3.63) is 0 Å². The van der Waals surface area contributed by atoms with Gasteiger partial charge in [0.15, 0.2) is 0 Å². The van der Waals surface area contributed by atoms with Crippen LogP contribution in [-0.4, -0.2) is 77.1 Å². The van der Waals surface area contributed by atoms with Gasteiger partial charge < -0.3 is 14.9 Å². The Morgan fingerprint density at radius 2 is 2.05 bits per heavy atom. The fourth-order valence-corrected chi connectivity index (χ4v) is 2.75. The Labute approximate surface area is 121 Å². The maximum absolute atomic E-state index is 12.4. The van der Waals surface area contributed by atoms with Crippen LogP contribution in [0.1, 0.15) is 33.6 Å². The molecule has 0 aliphatic carbocycles. The molecule has 20 heavy (non-hydrogen) atoms. The largest absolute Gasteiger partial charge is 0.480 e. The van der Waals surface area contributed by atoms with Gasteiger partial charge in [0.25, 0.3) is 0 Å². The highest BCUT2D eigenvalue weighted by molar-refractivity contribution is 5.80. The molecule has 6 heteroatoms. The van der Waals surface area contributed by atoms with Gasteiger partial charge in [0.1, 0.15) is 6.54 Å². The highest BCUT2D eigenvalue weighted by Gasteiger charge is 2.28. The van der Waals surface area contributed by atoms with Crippen LogP contribution in [0, 0.1) is 0 Å². The topological polar surface area (TPSA) is 64.1 Å². The van der Waals surface area contributed by atoms with Crippen LogP contribution in [0.25, 0.3) is 0 Å². The molecular formula is C14H27N3O3. The third kappa shape index (κ3) is 4.37. The molecule has 0 aromatic rings. The first-order valence-corrected chi connectivity index (χ1v) is 7.34. The molecule has 6 nitrogen and oxygen atoms in total. The standard InChI is InChI=1S/C14H27N3O3/c1-5-16-8-6-7-12(16)9-15(4)14(20)17(11(2)3)10-13(18)19/h11-12H,5-10H2,1-4H3,(H,18,19). The molecule has 1 aliphatic heterocycles. The molecular weight excluding hydrogens is 258 g/mol. The van der Waals surface area contributed by atoms with Gasteiger partial charge >= 0.3 is 12.0 Å². The normalized spacial score (nSPS) is 19.4.